The van der Waals surface area contributed by atoms with E-state index in [1.807, 2.05) is 24.3 Å². The summed E-state index contributed by atoms with van der Waals surface area (Å²) in [5, 5.41) is 0. The summed E-state index contributed by atoms with van der Waals surface area (Å²) in [6.45, 7) is 1.29. The van der Waals surface area contributed by atoms with Crippen molar-refractivity contribution in [2.24, 2.45) is 0 Å². The van der Waals surface area contributed by atoms with Crippen molar-refractivity contribution >= 4 is 22.0 Å². The molecule has 3 rings (SSSR count). The number of ether oxygens (including phenoxy) is 1. The predicted molar refractivity (Wildman–Crippen MR) is 104 cm³/mol. The van der Waals surface area contributed by atoms with E-state index < -0.39 is 10.0 Å². The predicted octanol–water partition coefficient (Wildman–Crippen LogP) is 2.24. The van der Waals surface area contributed by atoms with Crippen LogP contribution >= 0.6 is 0 Å². The largest absolute Gasteiger partial charge is 0.496 e. The van der Waals surface area contributed by atoms with E-state index in [2.05, 4.69) is 0 Å². The maximum atomic E-state index is 12.6. The van der Waals surface area contributed by atoms with Gasteiger partial charge in [0.05, 0.1) is 12.0 Å². The van der Waals surface area contributed by atoms with E-state index in [9.17, 15) is 13.2 Å². The van der Waals surface area contributed by atoms with Gasteiger partial charge in [-0.2, -0.15) is 4.31 Å². The Morgan fingerprint density at radius 3 is 2.26 bits per heavy atom. The Morgan fingerprint density at radius 2 is 1.59 bits per heavy atom. The van der Waals surface area contributed by atoms with Crippen molar-refractivity contribution in [3.8, 4) is 5.75 Å². The molecule has 6 nitrogen and oxygen atoms in total. The standard InChI is InChI=1S/C20H22N2O4S/c1-26-19-10-6-5-7-17(19)11-12-20(23)21-13-15-22(16-14-21)27(24,25)18-8-3-2-4-9-18/h2-12H,13-16H2,1H3/b12-11+. The van der Waals surface area contributed by atoms with Crippen LogP contribution in [0.4, 0.5) is 0 Å². The SMILES string of the molecule is COc1ccccc1/C=C/C(=O)N1CCN(S(=O)(=O)c2ccccc2)CC1. The van der Waals surface area contributed by atoms with Gasteiger partial charge in [0.25, 0.3) is 0 Å². The van der Waals surface area contributed by atoms with Crippen LogP contribution in [0.5, 0.6) is 5.75 Å². The van der Waals surface area contributed by atoms with Crippen LogP contribution in [0.1, 0.15) is 5.56 Å². The van der Waals surface area contributed by atoms with E-state index in [0.29, 0.717) is 18.8 Å². The van der Waals surface area contributed by atoms with Gasteiger partial charge in [0.15, 0.2) is 0 Å². The topological polar surface area (TPSA) is 66.9 Å². The lowest BCUT2D eigenvalue weighted by atomic mass is 10.2. The number of piperazine rings is 1. The van der Waals surface area contributed by atoms with E-state index >= 15 is 0 Å². The van der Waals surface area contributed by atoms with Crippen molar-refractivity contribution in [3.05, 3.63) is 66.2 Å². The fraction of sp³-hybridized carbons (Fsp3) is 0.250. The number of rotatable bonds is 5. The van der Waals surface area contributed by atoms with Crippen molar-refractivity contribution in [1.82, 2.24) is 9.21 Å². The zero-order valence-electron chi connectivity index (χ0n) is 15.1. The third-order valence-corrected chi connectivity index (χ3v) is 6.39. The molecule has 0 bridgehead atoms. The summed E-state index contributed by atoms with van der Waals surface area (Å²) in [6.07, 6.45) is 3.22. The smallest absolute Gasteiger partial charge is 0.246 e. The molecule has 1 heterocycles. The maximum absolute atomic E-state index is 12.6. The highest BCUT2D eigenvalue weighted by molar-refractivity contribution is 7.89. The number of carbonyl (C=O) groups is 1. The number of para-hydroxylation sites is 1. The second kappa shape index (κ2) is 8.37. The fourth-order valence-electron chi connectivity index (χ4n) is 2.96. The molecule has 0 aliphatic carbocycles. The first-order chi connectivity index (χ1) is 13.0. The quantitative estimate of drug-likeness (QED) is 0.739. The van der Waals surface area contributed by atoms with Crippen molar-refractivity contribution in [3.63, 3.8) is 0 Å². The van der Waals surface area contributed by atoms with Crippen LogP contribution in [-0.2, 0) is 14.8 Å². The number of hydrogen-bond donors (Lipinski definition) is 0. The zero-order chi connectivity index (χ0) is 19.3. The highest BCUT2D eigenvalue weighted by atomic mass is 32.2. The lowest BCUT2D eigenvalue weighted by Gasteiger charge is -2.33. The van der Waals surface area contributed by atoms with Crippen molar-refractivity contribution in [2.75, 3.05) is 33.3 Å². The van der Waals surface area contributed by atoms with Gasteiger partial charge in [0, 0.05) is 37.8 Å². The molecule has 1 fully saturated rings. The normalized spacial score (nSPS) is 15.8. The number of methoxy groups -OCH3 is 1. The van der Waals surface area contributed by atoms with Gasteiger partial charge in [-0.05, 0) is 24.3 Å². The van der Waals surface area contributed by atoms with Gasteiger partial charge in [0.2, 0.25) is 15.9 Å². The number of nitrogens with zero attached hydrogens (tertiary/aromatic N) is 2. The van der Waals surface area contributed by atoms with Crippen molar-refractivity contribution < 1.29 is 17.9 Å². The molecule has 0 spiro atoms. The average Bonchev–Trinajstić information content (AvgIpc) is 2.73. The summed E-state index contributed by atoms with van der Waals surface area (Å²) in [6, 6.07) is 15.8. The first-order valence-electron chi connectivity index (χ1n) is 8.67. The molecule has 7 heteroatoms. The van der Waals surface area contributed by atoms with Crippen LogP contribution in [0, 0.1) is 0 Å². The molecular formula is C20H22N2O4S. The van der Waals surface area contributed by atoms with Gasteiger partial charge in [-0.15, -0.1) is 0 Å². The Balaban J connectivity index is 1.62. The van der Waals surface area contributed by atoms with Crippen LogP contribution in [-0.4, -0.2) is 56.8 Å². The van der Waals surface area contributed by atoms with Gasteiger partial charge < -0.3 is 9.64 Å². The van der Waals surface area contributed by atoms with Gasteiger partial charge in [-0.3, -0.25) is 4.79 Å². The molecule has 1 aliphatic heterocycles. The number of amides is 1. The molecular weight excluding hydrogens is 364 g/mol. The summed E-state index contributed by atoms with van der Waals surface area (Å²) < 4.78 is 32.0. The molecule has 0 saturated carbocycles. The summed E-state index contributed by atoms with van der Waals surface area (Å²) in [5.74, 6) is 0.554. The first-order valence-corrected chi connectivity index (χ1v) is 10.1. The maximum Gasteiger partial charge on any atom is 0.246 e. The van der Waals surface area contributed by atoms with Gasteiger partial charge in [0.1, 0.15) is 5.75 Å². The van der Waals surface area contributed by atoms with E-state index in [0.717, 1.165) is 5.56 Å². The molecule has 0 N–H and O–H groups in total. The number of sulfonamides is 1. The molecule has 1 aliphatic rings. The Labute approximate surface area is 159 Å². The Morgan fingerprint density at radius 1 is 0.963 bits per heavy atom. The summed E-state index contributed by atoms with van der Waals surface area (Å²) in [7, 11) is -1.93. The van der Waals surface area contributed by atoms with Crippen LogP contribution in [0.15, 0.2) is 65.6 Å². The third-order valence-electron chi connectivity index (χ3n) is 4.48. The highest BCUT2D eigenvalue weighted by Crippen LogP contribution is 2.20. The minimum atomic E-state index is -3.51. The van der Waals surface area contributed by atoms with E-state index in [1.54, 1.807) is 48.4 Å². The molecule has 0 aromatic heterocycles. The highest BCUT2D eigenvalue weighted by Gasteiger charge is 2.29. The third kappa shape index (κ3) is 4.37. The molecule has 1 saturated heterocycles. The summed E-state index contributed by atoms with van der Waals surface area (Å²) >= 11 is 0. The second-order valence-electron chi connectivity index (χ2n) is 6.12. The number of benzene rings is 2. The van der Waals surface area contributed by atoms with E-state index in [-0.39, 0.29) is 23.9 Å². The molecule has 0 radical (unpaired) electrons. The number of carbonyl (C=O) groups excluding carboxylic acids is 1. The lowest BCUT2D eigenvalue weighted by Crippen LogP contribution is -2.50. The van der Waals surface area contributed by atoms with Crippen LogP contribution in [0.2, 0.25) is 0 Å². The van der Waals surface area contributed by atoms with Gasteiger partial charge >= 0.3 is 0 Å². The first kappa shape index (κ1) is 19.1. The number of hydrogen-bond acceptors (Lipinski definition) is 4. The summed E-state index contributed by atoms with van der Waals surface area (Å²) in [5.41, 5.74) is 0.818. The van der Waals surface area contributed by atoms with Crippen LogP contribution in [0.3, 0.4) is 0 Å². The van der Waals surface area contributed by atoms with Gasteiger partial charge in [-0.1, -0.05) is 36.4 Å². The molecule has 2 aromatic carbocycles. The van der Waals surface area contributed by atoms with E-state index in [1.165, 1.54) is 10.4 Å². The van der Waals surface area contributed by atoms with Crippen molar-refractivity contribution in [2.45, 2.75) is 4.90 Å². The lowest BCUT2D eigenvalue weighted by molar-refractivity contribution is -0.127. The average molecular weight is 386 g/mol. The molecule has 1 amide bonds. The molecule has 0 unspecified atom stereocenters. The zero-order valence-corrected chi connectivity index (χ0v) is 15.9. The van der Waals surface area contributed by atoms with Gasteiger partial charge in [-0.25, -0.2) is 8.42 Å². The Kier molecular flexibility index (Phi) is 5.93. The Hall–Kier alpha value is -2.64. The minimum Gasteiger partial charge on any atom is -0.496 e. The second-order valence-corrected chi connectivity index (χ2v) is 8.06. The Bertz CT molecular complexity index is 918. The fourth-order valence-corrected chi connectivity index (χ4v) is 4.40. The molecule has 2 aromatic rings. The van der Waals surface area contributed by atoms with E-state index in [4.69, 9.17) is 4.74 Å². The monoisotopic (exact) mass is 386 g/mol. The molecule has 27 heavy (non-hydrogen) atoms. The van der Waals surface area contributed by atoms with Crippen molar-refractivity contribution in [1.29, 1.82) is 0 Å². The van der Waals surface area contributed by atoms with Crippen LogP contribution < -0.4 is 4.74 Å². The van der Waals surface area contributed by atoms with Crippen LogP contribution in [0.25, 0.3) is 6.08 Å². The molecule has 142 valence electrons. The minimum absolute atomic E-state index is 0.141. The molecule has 0 atom stereocenters. The summed E-state index contributed by atoms with van der Waals surface area (Å²) in [4.78, 5) is 14.4.